The Morgan fingerprint density at radius 1 is 1.09 bits per heavy atom. The van der Waals surface area contributed by atoms with Gasteiger partial charge in [-0.15, -0.1) is 0 Å². The monoisotopic (exact) mass is 332 g/mol. The molecular weight excluding hydrogens is 312 g/mol. The highest BCUT2D eigenvalue weighted by Gasteiger charge is 2.11. The molecule has 0 heterocycles. The summed E-state index contributed by atoms with van der Waals surface area (Å²) in [6.45, 7) is 5.47. The lowest BCUT2D eigenvalue weighted by molar-refractivity contribution is 0.102. The van der Waals surface area contributed by atoms with E-state index in [1.807, 2.05) is 32.0 Å². The maximum Gasteiger partial charge on any atom is 0.255 e. The van der Waals surface area contributed by atoms with Gasteiger partial charge in [-0.25, -0.2) is 8.42 Å². The molecule has 2 N–H and O–H groups in total. The van der Waals surface area contributed by atoms with Crippen molar-refractivity contribution in [1.29, 1.82) is 0 Å². The van der Waals surface area contributed by atoms with Crippen LogP contribution in [-0.2, 0) is 10.0 Å². The Balaban J connectivity index is 2.20. The molecule has 0 bridgehead atoms. The van der Waals surface area contributed by atoms with Crippen LogP contribution >= 0.6 is 0 Å². The van der Waals surface area contributed by atoms with Gasteiger partial charge in [-0.2, -0.15) is 0 Å². The number of aryl methyl sites for hydroxylation is 2. The van der Waals surface area contributed by atoms with Gasteiger partial charge < -0.3 is 5.32 Å². The first-order chi connectivity index (χ1) is 10.8. The van der Waals surface area contributed by atoms with Crippen molar-refractivity contribution < 1.29 is 13.2 Å². The molecule has 0 aliphatic rings. The summed E-state index contributed by atoms with van der Waals surface area (Å²) in [6, 6.07) is 12.2. The van der Waals surface area contributed by atoms with Crippen LogP contribution in [0.2, 0.25) is 0 Å². The molecule has 5 nitrogen and oxygen atoms in total. The highest BCUT2D eigenvalue weighted by molar-refractivity contribution is 7.92. The second kappa shape index (κ2) is 6.83. The summed E-state index contributed by atoms with van der Waals surface area (Å²) < 4.78 is 25.6. The zero-order valence-corrected chi connectivity index (χ0v) is 14.2. The lowest BCUT2D eigenvalue weighted by Gasteiger charge is -2.11. The van der Waals surface area contributed by atoms with Crippen molar-refractivity contribution in [3.8, 4) is 0 Å². The van der Waals surface area contributed by atoms with Gasteiger partial charge in [-0.3, -0.25) is 9.52 Å². The first-order valence-electron chi connectivity index (χ1n) is 7.30. The van der Waals surface area contributed by atoms with Crippen molar-refractivity contribution in [2.45, 2.75) is 20.8 Å². The van der Waals surface area contributed by atoms with Crippen LogP contribution in [0.25, 0.3) is 0 Å². The molecule has 23 heavy (non-hydrogen) atoms. The Labute approximate surface area is 136 Å². The lowest BCUT2D eigenvalue weighted by Crippen LogP contribution is -2.16. The van der Waals surface area contributed by atoms with E-state index in [-0.39, 0.29) is 11.7 Å². The van der Waals surface area contributed by atoms with Gasteiger partial charge in [0.25, 0.3) is 5.91 Å². The molecule has 0 saturated carbocycles. The second-order valence-corrected chi connectivity index (χ2v) is 7.37. The SMILES string of the molecule is CCS(=O)(=O)Nc1cccc(C(=O)Nc2ccc(C)cc2C)c1. The van der Waals surface area contributed by atoms with Crippen LogP contribution in [0.1, 0.15) is 28.4 Å². The van der Waals surface area contributed by atoms with E-state index in [9.17, 15) is 13.2 Å². The Morgan fingerprint density at radius 3 is 2.48 bits per heavy atom. The van der Waals surface area contributed by atoms with Crippen molar-refractivity contribution >= 4 is 27.3 Å². The number of rotatable bonds is 5. The van der Waals surface area contributed by atoms with E-state index in [4.69, 9.17) is 0 Å². The predicted octanol–water partition coefficient (Wildman–Crippen LogP) is 3.32. The van der Waals surface area contributed by atoms with E-state index in [2.05, 4.69) is 10.0 Å². The summed E-state index contributed by atoms with van der Waals surface area (Å²) in [4.78, 5) is 12.4. The molecule has 0 aliphatic heterocycles. The topological polar surface area (TPSA) is 75.3 Å². The van der Waals surface area contributed by atoms with E-state index < -0.39 is 10.0 Å². The zero-order chi connectivity index (χ0) is 17.0. The molecule has 2 rings (SSSR count). The van der Waals surface area contributed by atoms with Crippen molar-refractivity contribution in [3.05, 3.63) is 59.2 Å². The Hall–Kier alpha value is -2.34. The standard InChI is InChI=1S/C17H20N2O3S/c1-4-23(21,22)19-15-7-5-6-14(11-15)17(20)18-16-9-8-12(2)10-13(16)3/h5-11,19H,4H2,1-3H3,(H,18,20). The van der Waals surface area contributed by atoms with Crippen LogP contribution in [0, 0.1) is 13.8 Å². The molecule has 0 unspecified atom stereocenters. The van der Waals surface area contributed by atoms with E-state index >= 15 is 0 Å². The number of amides is 1. The summed E-state index contributed by atoms with van der Waals surface area (Å²) in [5.41, 5.74) is 3.60. The van der Waals surface area contributed by atoms with Gasteiger partial charge in [0.15, 0.2) is 0 Å². The van der Waals surface area contributed by atoms with E-state index in [1.54, 1.807) is 25.1 Å². The number of nitrogens with one attached hydrogen (secondary N) is 2. The van der Waals surface area contributed by atoms with Crippen LogP contribution in [0.4, 0.5) is 11.4 Å². The number of carbonyl (C=O) groups excluding carboxylic acids is 1. The van der Waals surface area contributed by atoms with Gasteiger partial charge in [0.2, 0.25) is 10.0 Å². The fraction of sp³-hybridized carbons (Fsp3) is 0.235. The number of sulfonamides is 1. The summed E-state index contributed by atoms with van der Waals surface area (Å²) in [5.74, 6) is -0.305. The first-order valence-corrected chi connectivity index (χ1v) is 8.95. The molecular formula is C17H20N2O3S. The summed E-state index contributed by atoms with van der Waals surface area (Å²) >= 11 is 0. The van der Waals surface area contributed by atoms with Gasteiger partial charge >= 0.3 is 0 Å². The van der Waals surface area contributed by atoms with Gasteiger partial charge in [-0.05, 0) is 50.6 Å². The number of hydrogen-bond acceptors (Lipinski definition) is 3. The number of hydrogen-bond donors (Lipinski definition) is 2. The highest BCUT2D eigenvalue weighted by atomic mass is 32.2. The number of carbonyl (C=O) groups is 1. The van der Waals surface area contributed by atoms with Crippen molar-refractivity contribution in [2.75, 3.05) is 15.8 Å². The van der Waals surface area contributed by atoms with E-state index in [1.165, 1.54) is 6.07 Å². The normalized spacial score (nSPS) is 11.1. The summed E-state index contributed by atoms with van der Waals surface area (Å²) in [5, 5.41) is 2.84. The minimum Gasteiger partial charge on any atom is -0.322 e. The quantitative estimate of drug-likeness (QED) is 0.882. The highest BCUT2D eigenvalue weighted by Crippen LogP contribution is 2.18. The van der Waals surface area contributed by atoms with Gasteiger partial charge in [-0.1, -0.05) is 23.8 Å². The van der Waals surface area contributed by atoms with Crippen LogP contribution in [0.5, 0.6) is 0 Å². The second-order valence-electron chi connectivity index (χ2n) is 5.36. The molecule has 2 aromatic rings. The van der Waals surface area contributed by atoms with E-state index in [0.717, 1.165) is 16.8 Å². The Morgan fingerprint density at radius 2 is 1.83 bits per heavy atom. The maximum atomic E-state index is 12.4. The fourth-order valence-electron chi connectivity index (χ4n) is 2.12. The first kappa shape index (κ1) is 17.0. The van der Waals surface area contributed by atoms with Gasteiger partial charge in [0.1, 0.15) is 0 Å². The van der Waals surface area contributed by atoms with Crippen LogP contribution in [0.3, 0.4) is 0 Å². The summed E-state index contributed by atoms with van der Waals surface area (Å²) in [7, 11) is -3.37. The van der Waals surface area contributed by atoms with E-state index in [0.29, 0.717) is 11.3 Å². The molecule has 6 heteroatoms. The van der Waals surface area contributed by atoms with Crippen molar-refractivity contribution in [1.82, 2.24) is 0 Å². The van der Waals surface area contributed by atoms with Gasteiger partial charge in [0, 0.05) is 16.9 Å². The Bertz CT molecular complexity index is 829. The van der Waals surface area contributed by atoms with Gasteiger partial charge in [0.05, 0.1) is 5.75 Å². The minimum absolute atomic E-state index is 0.0218. The lowest BCUT2D eigenvalue weighted by atomic mass is 10.1. The van der Waals surface area contributed by atoms with Crippen molar-refractivity contribution in [2.24, 2.45) is 0 Å². The molecule has 0 spiro atoms. The third kappa shape index (κ3) is 4.56. The molecule has 0 radical (unpaired) electrons. The third-order valence-electron chi connectivity index (χ3n) is 3.41. The zero-order valence-electron chi connectivity index (χ0n) is 13.4. The molecule has 0 aromatic heterocycles. The molecule has 0 atom stereocenters. The molecule has 0 saturated heterocycles. The van der Waals surface area contributed by atoms with Crippen LogP contribution in [-0.4, -0.2) is 20.1 Å². The average Bonchev–Trinajstić information content (AvgIpc) is 2.50. The molecule has 122 valence electrons. The van der Waals surface area contributed by atoms with Crippen LogP contribution in [0.15, 0.2) is 42.5 Å². The maximum absolute atomic E-state index is 12.4. The van der Waals surface area contributed by atoms with Crippen LogP contribution < -0.4 is 10.0 Å². The Kier molecular flexibility index (Phi) is 5.05. The smallest absolute Gasteiger partial charge is 0.255 e. The largest absolute Gasteiger partial charge is 0.322 e. The molecule has 0 aliphatic carbocycles. The minimum atomic E-state index is -3.37. The third-order valence-corrected chi connectivity index (χ3v) is 4.72. The van der Waals surface area contributed by atoms with Crippen molar-refractivity contribution in [3.63, 3.8) is 0 Å². The number of benzene rings is 2. The molecule has 0 fully saturated rings. The molecule has 1 amide bonds. The summed E-state index contributed by atoms with van der Waals surface area (Å²) in [6.07, 6.45) is 0. The number of anilines is 2. The molecule has 2 aromatic carbocycles. The fourth-order valence-corrected chi connectivity index (χ4v) is 2.75. The average molecular weight is 332 g/mol. The predicted molar refractivity (Wildman–Crippen MR) is 93.4 cm³/mol.